The number of aromatic nitrogens is 1. The number of rotatable bonds is 3. The number of benzene rings is 2. The van der Waals surface area contributed by atoms with Crippen molar-refractivity contribution in [2.24, 2.45) is 0 Å². The zero-order valence-corrected chi connectivity index (χ0v) is 17.2. The number of halogens is 3. The Hall–Kier alpha value is -3.88. The predicted molar refractivity (Wildman–Crippen MR) is 111 cm³/mol. The molecule has 164 valence electrons. The number of urea groups is 1. The Kier molecular flexibility index (Phi) is 5.12. The molecule has 4 amide bonds. The summed E-state index contributed by atoms with van der Waals surface area (Å²) in [6, 6.07) is 11.5. The van der Waals surface area contributed by atoms with Crippen molar-refractivity contribution in [3.8, 4) is 0 Å². The minimum atomic E-state index is -4.44. The average molecular weight is 441 g/mol. The first kappa shape index (κ1) is 21.4. The van der Waals surface area contributed by atoms with Crippen molar-refractivity contribution in [2.45, 2.75) is 12.7 Å². The number of imide groups is 2. The monoisotopic (exact) mass is 441 g/mol. The van der Waals surface area contributed by atoms with Crippen molar-refractivity contribution < 1.29 is 27.6 Å². The molecule has 0 aliphatic carbocycles. The highest BCUT2D eigenvalue weighted by atomic mass is 19.4. The van der Waals surface area contributed by atoms with Crippen molar-refractivity contribution in [1.82, 2.24) is 14.4 Å². The van der Waals surface area contributed by atoms with Gasteiger partial charge in [-0.2, -0.15) is 13.2 Å². The van der Waals surface area contributed by atoms with E-state index in [1.807, 2.05) is 0 Å². The predicted octanol–water partition coefficient (Wildman–Crippen LogP) is 4.14. The maximum Gasteiger partial charge on any atom is 0.416 e. The van der Waals surface area contributed by atoms with Crippen LogP contribution in [-0.2, 0) is 22.3 Å². The Morgan fingerprint density at radius 1 is 0.906 bits per heavy atom. The average Bonchev–Trinajstić information content (AvgIpc) is 3.11. The number of hydrogen-bond donors (Lipinski definition) is 0. The second kappa shape index (κ2) is 7.67. The molecule has 0 bridgehead atoms. The van der Waals surface area contributed by atoms with E-state index in [1.54, 1.807) is 41.1 Å². The van der Waals surface area contributed by atoms with Crippen LogP contribution in [0.2, 0.25) is 0 Å². The van der Waals surface area contributed by atoms with Crippen molar-refractivity contribution >= 4 is 34.8 Å². The molecule has 1 fully saturated rings. The summed E-state index contributed by atoms with van der Waals surface area (Å²) < 4.78 is 41.0. The Morgan fingerprint density at radius 3 is 2.22 bits per heavy atom. The SMILES string of the molecule is CN1C(=O)C(=Cc2cn(Cc3cccc(C(F)(F)F)c3)c3ccccc23)C(=O)N(C)C1=O. The first-order chi connectivity index (χ1) is 15.1. The normalized spacial score (nSPS) is 15.2. The number of para-hydroxylation sites is 1. The van der Waals surface area contributed by atoms with Crippen LogP contribution in [0.3, 0.4) is 0 Å². The fraction of sp³-hybridized carbons (Fsp3) is 0.174. The minimum absolute atomic E-state index is 0.161. The number of likely N-dealkylation sites (N-methyl/N-ethyl adjacent to an activating group) is 2. The van der Waals surface area contributed by atoms with E-state index in [4.69, 9.17) is 0 Å². The molecular formula is C23H18F3N3O3. The lowest BCUT2D eigenvalue weighted by Crippen LogP contribution is -2.52. The fourth-order valence-electron chi connectivity index (χ4n) is 3.69. The lowest BCUT2D eigenvalue weighted by Gasteiger charge is -2.28. The molecule has 3 aromatic rings. The summed E-state index contributed by atoms with van der Waals surface area (Å²) in [6.45, 7) is 0.161. The van der Waals surface area contributed by atoms with Crippen LogP contribution in [0.15, 0.2) is 60.3 Å². The summed E-state index contributed by atoms with van der Waals surface area (Å²) in [5, 5.41) is 0.717. The highest BCUT2D eigenvalue weighted by molar-refractivity contribution is 6.31. The van der Waals surface area contributed by atoms with E-state index in [0.29, 0.717) is 11.1 Å². The summed E-state index contributed by atoms with van der Waals surface area (Å²) in [4.78, 5) is 38.7. The van der Waals surface area contributed by atoms with Gasteiger partial charge in [0.2, 0.25) is 0 Å². The molecule has 0 radical (unpaired) electrons. The second-order valence-electron chi connectivity index (χ2n) is 7.50. The van der Waals surface area contributed by atoms with E-state index in [9.17, 15) is 27.6 Å². The molecule has 1 saturated heterocycles. The quantitative estimate of drug-likeness (QED) is 0.453. The van der Waals surface area contributed by atoms with Crippen molar-refractivity contribution in [1.29, 1.82) is 0 Å². The van der Waals surface area contributed by atoms with E-state index >= 15 is 0 Å². The highest BCUT2D eigenvalue weighted by Crippen LogP contribution is 2.31. The maximum absolute atomic E-state index is 13.1. The summed E-state index contributed by atoms with van der Waals surface area (Å²) in [7, 11) is 2.58. The number of fused-ring (bicyclic) bond motifs is 1. The molecule has 1 aliphatic heterocycles. The molecule has 32 heavy (non-hydrogen) atoms. The molecule has 9 heteroatoms. The van der Waals surface area contributed by atoms with Crippen LogP contribution in [0.25, 0.3) is 17.0 Å². The molecular weight excluding hydrogens is 423 g/mol. The summed E-state index contributed by atoms with van der Waals surface area (Å²) in [5.41, 5.74) is 0.819. The number of hydrogen-bond acceptors (Lipinski definition) is 3. The molecule has 2 heterocycles. The Morgan fingerprint density at radius 2 is 1.56 bits per heavy atom. The van der Waals surface area contributed by atoms with Gasteiger partial charge in [0.15, 0.2) is 0 Å². The third-order valence-electron chi connectivity index (χ3n) is 5.37. The van der Waals surface area contributed by atoms with E-state index < -0.39 is 29.6 Å². The van der Waals surface area contributed by atoms with Crippen LogP contribution >= 0.6 is 0 Å². The summed E-state index contributed by atoms with van der Waals surface area (Å²) >= 11 is 0. The Labute approximate surface area is 181 Å². The molecule has 2 aromatic carbocycles. The third kappa shape index (κ3) is 3.66. The number of nitrogens with zero attached hydrogens (tertiary/aromatic N) is 3. The molecule has 0 unspecified atom stereocenters. The lowest BCUT2D eigenvalue weighted by molar-refractivity contribution is -0.138. The summed E-state index contributed by atoms with van der Waals surface area (Å²) in [6.07, 6.45) is -1.36. The van der Waals surface area contributed by atoms with Crippen molar-refractivity contribution in [3.63, 3.8) is 0 Å². The standard InChI is InChI=1S/C23H18F3N3O3/c1-27-20(30)18(21(31)28(2)22(27)32)11-15-13-29(19-9-4-3-8-17(15)19)12-14-6-5-7-16(10-14)23(24,25)26/h3-11,13H,12H2,1-2H3. The van der Waals surface area contributed by atoms with Gasteiger partial charge in [-0.1, -0.05) is 30.3 Å². The largest absolute Gasteiger partial charge is 0.416 e. The van der Waals surface area contributed by atoms with Gasteiger partial charge in [0.1, 0.15) is 5.57 Å². The fourth-order valence-corrected chi connectivity index (χ4v) is 3.69. The van der Waals surface area contributed by atoms with Crippen molar-refractivity contribution in [2.75, 3.05) is 14.1 Å². The zero-order valence-electron chi connectivity index (χ0n) is 17.2. The Balaban J connectivity index is 1.78. The van der Waals surface area contributed by atoms with Crippen molar-refractivity contribution in [3.05, 3.63) is 77.0 Å². The molecule has 1 aromatic heterocycles. The molecule has 1 aliphatic rings. The van der Waals surface area contributed by atoms with E-state index in [-0.39, 0.29) is 12.1 Å². The molecule has 0 atom stereocenters. The van der Waals surface area contributed by atoms with E-state index in [2.05, 4.69) is 0 Å². The van der Waals surface area contributed by atoms with Gasteiger partial charge in [-0.05, 0) is 29.8 Å². The molecule has 0 N–H and O–H groups in total. The maximum atomic E-state index is 13.1. The third-order valence-corrected chi connectivity index (χ3v) is 5.37. The number of alkyl halides is 3. The van der Waals surface area contributed by atoms with Gasteiger partial charge in [0.05, 0.1) is 5.56 Å². The summed E-state index contributed by atoms with van der Waals surface area (Å²) in [5.74, 6) is -1.43. The van der Waals surface area contributed by atoms with Crippen LogP contribution < -0.4 is 0 Å². The number of amides is 4. The van der Waals surface area contributed by atoms with Gasteiger partial charge in [-0.15, -0.1) is 0 Å². The van der Waals surface area contributed by atoms with E-state index in [1.165, 1.54) is 26.2 Å². The van der Waals surface area contributed by atoms with Crippen LogP contribution in [0.1, 0.15) is 16.7 Å². The van der Waals surface area contributed by atoms with E-state index in [0.717, 1.165) is 32.8 Å². The first-order valence-electron chi connectivity index (χ1n) is 9.63. The van der Waals surface area contributed by atoms with Gasteiger partial charge < -0.3 is 4.57 Å². The van der Waals surface area contributed by atoms with Gasteiger partial charge in [-0.3, -0.25) is 19.4 Å². The van der Waals surface area contributed by atoms with Gasteiger partial charge in [0.25, 0.3) is 11.8 Å². The zero-order chi connectivity index (χ0) is 23.2. The topological polar surface area (TPSA) is 62.6 Å². The first-order valence-corrected chi connectivity index (χ1v) is 9.63. The second-order valence-corrected chi connectivity index (χ2v) is 7.50. The van der Waals surface area contributed by atoms with Gasteiger partial charge in [0, 0.05) is 43.3 Å². The molecule has 4 rings (SSSR count). The van der Waals surface area contributed by atoms with Crippen LogP contribution in [-0.4, -0.2) is 46.3 Å². The van der Waals surface area contributed by atoms with Gasteiger partial charge in [-0.25, -0.2) is 4.79 Å². The smallest absolute Gasteiger partial charge is 0.342 e. The van der Waals surface area contributed by atoms with Crippen LogP contribution in [0.4, 0.5) is 18.0 Å². The highest BCUT2D eigenvalue weighted by Gasteiger charge is 2.38. The minimum Gasteiger partial charge on any atom is -0.342 e. The molecule has 0 saturated carbocycles. The lowest BCUT2D eigenvalue weighted by atomic mass is 10.1. The number of barbiturate groups is 1. The van der Waals surface area contributed by atoms with Crippen LogP contribution in [0, 0.1) is 0 Å². The number of carbonyl (C=O) groups is 3. The molecule has 0 spiro atoms. The number of carbonyl (C=O) groups excluding carboxylic acids is 3. The van der Waals surface area contributed by atoms with Gasteiger partial charge >= 0.3 is 12.2 Å². The Bertz CT molecular complexity index is 1260. The van der Waals surface area contributed by atoms with Crippen LogP contribution in [0.5, 0.6) is 0 Å². The molecule has 6 nitrogen and oxygen atoms in total.